The number of rotatable bonds is 7. The Morgan fingerprint density at radius 2 is 1.95 bits per heavy atom. The highest BCUT2D eigenvalue weighted by Crippen LogP contribution is 2.46. The van der Waals surface area contributed by atoms with Crippen LogP contribution in [0.2, 0.25) is 0 Å². The highest BCUT2D eigenvalue weighted by molar-refractivity contribution is 7.92. The summed E-state index contributed by atoms with van der Waals surface area (Å²) in [5.41, 5.74) is 4.10. The summed E-state index contributed by atoms with van der Waals surface area (Å²) < 4.78 is 32.1. The van der Waals surface area contributed by atoms with Crippen molar-refractivity contribution in [2.75, 3.05) is 25.4 Å². The van der Waals surface area contributed by atoms with Crippen molar-refractivity contribution in [1.82, 2.24) is 10.4 Å². The summed E-state index contributed by atoms with van der Waals surface area (Å²) in [6.07, 6.45) is 1.79. The van der Waals surface area contributed by atoms with Crippen LogP contribution in [0.5, 0.6) is 0 Å². The summed E-state index contributed by atoms with van der Waals surface area (Å²) in [6, 6.07) is 14.7. The summed E-state index contributed by atoms with van der Waals surface area (Å²) in [7, 11) is -3.85. The summed E-state index contributed by atoms with van der Waals surface area (Å²) >= 11 is 2.99. The molecule has 0 radical (unpaired) electrons. The first-order valence-electron chi connectivity index (χ1n) is 13.1. The third-order valence-electron chi connectivity index (χ3n) is 7.24. The number of nitrogens with one attached hydrogen (secondary N) is 1. The maximum absolute atomic E-state index is 14.0. The largest absolute Gasteiger partial charge is 0.350 e. The monoisotopic (exact) mass is 588 g/mol. The van der Waals surface area contributed by atoms with Gasteiger partial charge >= 0.3 is 0 Å². The van der Waals surface area contributed by atoms with Crippen LogP contribution in [0.3, 0.4) is 0 Å². The van der Waals surface area contributed by atoms with Crippen molar-refractivity contribution in [3.63, 3.8) is 0 Å². The van der Waals surface area contributed by atoms with Crippen LogP contribution in [0, 0.1) is 6.92 Å². The summed E-state index contributed by atoms with van der Waals surface area (Å²) in [5.74, 6) is -0.987. The highest BCUT2D eigenvalue weighted by Gasteiger charge is 2.50. The van der Waals surface area contributed by atoms with E-state index in [2.05, 4.69) is 16.9 Å². The second-order valence-corrected chi connectivity index (χ2v) is 14.4. The van der Waals surface area contributed by atoms with Crippen molar-refractivity contribution in [3.05, 3.63) is 69.9 Å². The fourth-order valence-electron chi connectivity index (χ4n) is 5.04. The van der Waals surface area contributed by atoms with Gasteiger partial charge in [0.15, 0.2) is 16.1 Å². The lowest BCUT2D eigenvalue weighted by Gasteiger charge is -2.31. The molecule has 3 aromatic rings. The van der Waals surface area contributed by atoms with E-state index in [9.17, 15) is 18.0 Å². The summed E-state index contributed by atoms with van der Waals surface area (Å²) in [4.78, 5) is 36.1. The normalized spacial score (nSPS) is 23.2. The molecule has 2 aliphatic heterocycles. The van der Waals surface area contributed by atoms with Crippen LogP contribution >= 0.6 is 22.7 Å². The second-order valence-electron chi connectivity index (χ2n) is 9.99. The standard InChI is InChI=1S/C28H32N2O6S3/c1-20-17-23(37-19-20)22-10-11-24(38-22)28(18-25(31)29-36-26-9-5-6-15-35-26)12-13-30(14-16-39(28,33)34)27(32)21-7-3-2-4-8-21/h2-4,7-8,10-11,17,19,26H,5-6,9,12-16,18H2,1H3,(H,29,31). The van der Waals surface area contributed by atoms with Crippen LogP contribution in [-0.4, -0.2) is 56.9 Å². The van der Waals surface area contributed by atoms with E-state index in [1.807, 2.05) is 25.1 Å². The van der Waals surface area contributed by atoms with Crippen LogP contribution in [0.15, 0.2) is 53.9 Å². The van der Waals surface area contributed by atoms with Gasteiger partial charge in [-0.15, -0.1) is 22.7 Å². The maximum atomic E-state index is 14.0. The van der Waals surface area contributed by atoms with Crippen molar-refractivity contribution < 1.29 is 27.6 Å². The summed E-state index contributed by atoms with van der Waals surface area (Å²) in [5, 5.41) is 2.05. The number of benzene rings is 1. The number of thiophene rings is 2. The lowest BCUT2D eigenvalue weighted by molar-refractivity contribution is -0.200. The zero-order valence-electron chi connectivity index (χ0n) is 21.8. The van der Waals surface area contributed by atoms with Crippen LogP contribution in [0.1, 0.15) is 52.9 Å². The molecule has 2 amide bonds. The Kier molecular flexibility index (Phi) is 8.53. The van der Waals surface area contributed by atoms with Gasteiger partial charge in [-0.1, -0.05) is 18.2 Å². The van der Waals surface area contributed by atoms with E-state index in [-0.39, 0.29) is 37.6 Å². The van der Waals surface area contributed by atoms with Gasteiger partial charge in [0, 0.05) is 46.3 Å². The molecule has 0 aliphatic carbocycles. The van der Waals surface area contributed by atoms with E-state index in [0.717, 1.165) is 28.2 Å². The van der Waals surface area contributed by atoms with E-state index in [0.29, 0.717) is 23.5 Å². The van der Waals surface area contributed by atoms with Crippen LogP contribution in [0.25, 0.3) is 9.75 Å². The minimum Gasteiger partial charge on any atom is -0.350 e. The topological polar surface area (TPSA) is 102 Å². The number of amides is 2. The van der Waals surface area contributed by atoms with Crippen molar-refractivity contribution >= 4 is 44.3 Å². The number of carbonyl (C=O) groups is 2. The average Bonchev–Trinajstić information content (AvgIpc) is 3.58. The Morgan fingerprint density at radius 1 is 1.13 bits per heavy atom. The van der Waals surface area contributed by atoms with E-state index in [1.54, 1.807) is 40.5 Å². The van der Waals surface area contributed by atoms with Crippen LogP contribution in [0.4, 0.5) is 0 Å². The number of sulfone groups is 1. The SMILES string of the molecule is Cc1csc(-c2ccc(C3(CC(=O)NOC4CCCCO4)CCN(C(=O)c4ccccc4)CCS3(=O)=O)s2)c1. The lowest BCUT2D eigenvalue weighted by atomic mass is 9.97. The number of ether oxygens (including phenoxy) is 1. The molecule has 8 nitrogen and oxygen atoms in total. The first kappa shape index (κ1) is 28.0. The Bertz CT molecular complexity index is 1410. The lowest BCUT2D eigenvalue weighted by Crippen LogP contribution is -2.43. The minimum absolute atomic E-state index is 0.0637. The number of hydroxylamine groups is 1. The number of nitrogens with zero attached hydrogens (tertiary/aromatic N) is 1. The molecular formula is C28H32N2O6S3. The zero-order chi connectivity index (χ0) is 27.5. The molecule has 2 fully saturated rings. The van der Waals surface area contributed by atoms with E-state index in [1.165, 1.54) is 11.3 Å². The molecule has 2 aliphatic rings. The molecule has 208 valence electrons. The predicted molar refractivity (Wildman–Crippen MR) is 152 cm³/mol. The molecule has 0 saturated carbocycles. The Morgan fingerprint density at radius 3 is 2.67 bits per heavy atom. The van der Waals surface area contributed by atoms with Gasteiger partial charge in [0.05, 0.1) is 12.2 Å². The molecule has 2 unspecified atom stereocenters. The fraction of sp³-hybridized carbons (Fsp3) is 0.429. The Balaban J connectivity index is 1.44. The van der Waals surface area contributed by atoms with Gasteiger partial charge in [-0.3, -0.25) is 9.59 Å². The van der Waals surface area contributed by atoms with E-state index < -0.39 is 26.8 Å². The third kappa shape index (κ3) is 6.12. The van der Waals surface area contributed by atoms with Gasteiger partial charge < -0.3 is 9.64 Å². The first-order valence-corrected chi connectivity index (χ1v) is 16.4. The van der Waals surface area contributed by atoms with Gasteiger partial charge in [0.25, 0.3) is 5.91 Å². The van der Waals surface area contributed by atoms with Gasteiger partial charge in [-0.05, 0) is 67.5 Å². The molecule has 0 spiro atoms. The molecule has 1 N–H and O–H groups in total. The van der Waals surface area contributed by atoms with E-state index >= 15 is 0 Å². The molecule has 11 heteroatoms. The van der Waals surface area contributed by atoms with E-state index in [4.69, 9.17) is 9.57 Å². The smallest absolute Gasteiger partial charge is 0.253 e. The van der Waals surface area contributed by atoms with Crippen molar-refractivity contribution in [2.45, 2.75) is 50.1 Å². The first-order chi connectivity index (χ1) is 18.8. The number of hydrogen-bond acceptors (Lipinski definition) is 8. The van der Waals surface area contributed by atoms with Gasteiger partial charge in [-0.2, -0.15) is 0 Å². The average molecular weight is 589 g/mol. The molecule has 39 heavy (non-hydrogen) atoms. The fourth-order valence-corrected chi connectivity index (χ4v) is 9.65. The molecule has 2 atom stereocenters. The molecule has 4 heterocycles. The minimum atomic E-state index is -3.85. The molecule has 2 aromatic heterocycles. The molecule has 2 saturated heterocycles. The van der Waals surface area contributed by atoms with Crippen molar-refractivity contribution in [2.24, 2.45) is 0 Å². The zero-order valence-corrected chi connectivity index (χ0v) is 24.2. The van der Waals surface area contributed by atoms with Gasteiger partial charge in [0.2, 0.25) is 5.91 Å². The quantitative estimate of drug-likeness (QED) is 0.394. The number of aryl methyl sites for hydroxylation is 1. The second kappa shape index (κ2) is 11.9. The van der Waals surface area contributed by atoms with Crippen molar-refractivity contribution in [1.29, 1.82) is 0 Å². The predicted octanol–water partition coefficient (Wildman–Crippen LogP) is 4.91. The Labute approximate surface area is 236 Å². The third-order valence-corrected chi connectivity index (χ3v) is 12.4. The number of carbonyl (C=O) groups excluding carboxylic acids is 2. The van der Waals surface area contributed by atoms with Crippen LogP contribution in [-0.2, 0) is 29.0 Å². The maximum Gasteiger partial charge on any atom is 0.253 e. The van der Waals surface area contributed by atoms with Gasteiger partial charge in [0.1, 0.15) is 4.75 Å². The van der Waals surface area contributed by atoms with Gasteiger partial charge in [-0.25, -0.2) is 18.7 Å². The van der Waals surface area contributed by atoms with Crippen LogP contribution < -0.4 is 5.48 Å². The summed E-state index contributed by atoms with van der Waals surface area (Å²) in [6.45, 7) is 2.85. The molecule has 1 aromatic carbocycles. The Hall–Kier alpha value is -2.57. The molecular weight excluding hydrogens is 557 g/mol. The molecule has 5 rings (SSSR count). The molecule has 0 bridgehead atoms. The number of hydrogen-bond donors (Lipinski definition) is 1. The van der Waals surface area contributed by atoms with Crippen molar-refractivity contribution in [3.8, 4) is 9.75 Å². The highest BCUT2D eigenvalue weighted by atomic mass is 32.2.